The van der Waals surface area contributed by atoms with Gasteiger partial charge in [-0.1, -0.05) is 17.7 Å². The van der Waals surface area contributed by atoms with E-state index in [1.165, 1.54) is 24.3 Å². The molecule has 1 rings (SSSR count). The molecule has 0 bridgehead atoms. The van der Waals surface area contributed by atoms with Crippen LogP contribution in [0.2, 0.25) is 5.02 Å². The van der Waals surface area contributed by atoms with E-state index in [0.717, 1.165) is 0 Å². The third kappa shape index (κ3) is 4.40. The Hall–Kier alpha value is -1.62. The fourth-order valence-electron chi connectivity index (χ4n) is 1.11. The summed E-state index contributed by atoms with van der Waals surface area (Å²) in [5, 5.41) is 2.51. The van der Waals surface area contributed by atoms with Crippen molar-refractivity contribution in [2.75, 3.05) is 5.32 Å². The van der Waals surface area contributed by atoms with Gasteiger partial charge in [0.25, 0.3) is 0 Å². The van der Waals surface area contributed by atoms with E-state index in [2.05, 4.69) is 10.1 Å². The van der Waals surface area contributed by atoms with Gasteiger partial charge in [-0.05, 0) is 31.2 Å². The van der Waals surface area contributed by atoms with Gasteiger partial charge in [0.05, 0.1) is 5.02 Å². The summed E-state index contributed by atoms with van der Waals surface area (Å²) in [6, 6.07) is 4.02. The van der Waals surface area contributed by atoms with Crippen molar-refractivity contribution >= 4 is 23.2 Å². The van der Waals surface area contributed by atoms with E-state index in [-0.39, 0.29) is 16.7 Å². The highest BCUT2D eigenvalue weighted by Crippen LogP contribution is 2.28. The number of rotatable bonds is 4. The maximum Gasteiger partial charge on any atom is 0.387 e. The van der Waals surface area contributed by atoms with Gasteiger partial charge in [-0.3, -0.25) is 4.79 Å². The minimum Gasteiger partial charge on any atom is -0.433 e. The molecular formula is C11H10ClF2NO2. The Bertz CT molecular complexity index is 435. The number of halogens is 3. The van der Waals surface area contributed by atoms with Crippen molar-refractivity contribution in [3.05, 3.63) is 35.4 Å². The Morgan fingerprint density at radius 2 is 2.24 bits per heavy atom. The van der Waals surface area contributed by atoms with Gasteiger partial charge < -0.3 is 10.1 Å². The lowest BCUT2D eigenvalue weighted by atomic mass is 10.3. The second-order valence-electron chi connectivity index (χ2n) is 3.01. The van der Waals surface area contributed by atoms with E-state index >= 15 is 0 Å². The molecule has 0 aliphatic heterocycles. The molecule has 0 aliphatic rings. The van der Waals surface area contributed by atoms with Crippen LogP contribution in [0.5, 0.6) is 5.75 Å². The molecule has 0 radical (unpaired) electrons. The quantitative estimate of drug-likeness (QED) is 0.843. The number of nitrogens with one attached hydrogen (secondary N) is 1. The Morgan fingerprint density at radius 1 is 1.53 bits per heavy atom. The van der Waals surface area contributed by atoms with Crippen molar-refractivity contribution in [2.24, 2.45) is 0 Å². The molecule has 6 heteroatoms. The molecule has 0 saturated heterocycles. The van der Waals surface area contributed by atoms with Crippen LogP contribution in [-0.4, -0.2) is 12.5 Å². The first kappa shape index (κ1) is 13.4. The Balaban J connectivity index is 2.78. The topological polar surface area (TPSA) is 38.3 Å². The average molecular weight is 262 g/mol. The maximum atomic E-state index is 12.0. The number of amides is 1. The number of hydrogen-bond acceptors (Lipinski definition) is 2. The highest BCUT2D eigenvalue weighted by molar-refractivity contribution is 6.32. The van der Waals surface area contributed by atoms with Gasteiger partial charge in [-0.2, -0.15) is 8.78 Å². The van der Waals surface area contributed by atoms with Crippen LogP contribution in [0.25, 0.3) is 0 Å². The molecule has 0 unspecified atom stereocenters. The Kier molecular flexibility index (Phi) is 4.90. The van der Waals surface area contributed by atoms with Gasteiger partial charge in [0.1, 0.15) is 5.75 Å². The van der Waals surface area contributed by atoms with E-state index in [1.807, 2.05) is 0 Å². The van der Waals surface area contributed by atoms with Gasteiger partial charge in [0, 0.05) is 5.69 Å². The zero-order valence-electron chi connectivity index (χ0n) is 8.91. The number of anilines is 1. The Morgan fingerprint density at radius 3 is 2.76 bits per heavy atom. The largest absolute Gasteiger partial charge is 0.433 e. The van der Waals surface area contributed by atoms with Crippen molar-refractivity contribution in [3.63, 3.8) is 0 Å². The molecule has 1 aromatic rings. The molecular weight excluding hydrogens is 252 g/mol. The predicted molar refractivity (Wildman–Crippen MR) is 61.5 cm³/mol. The van der Waals surface area contributed by atoms with Crippen LogP contribution in [0.3, 0.4) is 0 Å². The van der Waals surface area contributed by atoms with Crippen molar-refractivity contribution in [3.8, 4) is 5.75 Å². The number of ether oxygens (including phenoxy) is 1. The molecule has 1 amide bonds. The normalized spacial score (nSPS) is 10.9. The van der Waals surface area contributed by atoms with Crippen LogP contribution in [0.1, 0.15) is 6.92 Å². The molecule has 0 aromatic heterocycles. The molecule has 17 heavy (non-hydrogen) atoms. The fraction of sp³-hybridized carbons (Fsp3) is 0.182. The van der Waals surface area contributed by atoms with Gasteiger partial charge in [0.15, 0.2) is 0 Å². The number of benzene rings is 1. The van der Waals surface area contributed by atoms with E-state index in [4.69, 9.17) is 11.6 Å². The summed E-state index contributed by atoms with van der Waals surface area (Å²) < 4.78 is 28.1. The number of carbonyl (C=O) groups is 1. The maximum absolute atomic E-state index is 12.0. The van der Waals surface area contributed by atoms with Crippen LogP contribution in [-0.2, 0) is 4.79 Å². The number of allylic oxidation sites excluding steroid dienone is 1. The first-order valence-electron chi connectivity index (χ1n) is 4.71. The molecule has 0 spiro atoms. The first-order valence-corrected chi connectivity index (χ1v) is 5.08. The second kappa shape index (κ2) is 6.20. The SMILES string of the molecule is C/C=C/C(=O)Nc1ccc(OC(F)F)c(Cl)c1. The number of carbonyl (C=O) groups excluding carboxylic acids is 1. The van der Waals surface area contributed by atoms with Crippen molar-refractivity contribution in [2.45, 2.75) is 13.5 Å². The van der Waals surface area contributed by atoms with Gasteiger partial charge in [0.2, 0.25) is 5.91 Å². The summed E-state index contributed by atoms with van der Waals surface area (Å²) in [7, 11) is 0. The van der Waals surface area contributed by atoms with Crippen LogP contribution in [0.4, 0.5) is 14.5 Å². The van der Waals surface area contributed by atoms with Crippen molar-refractivity contribution < 1.29 is 18.3 Å². The lowest BCUT2D eigenvalue weighted by Gasteiger charge is -2.08. The zero-order chi connectivity index (χ0) is 12.8. The summed E-state index contributed by atoms with van der Waals surface area (Å²) in [5.41, 5.74) is 0.403. The summed E-state index contributed by atoms with van der Waals surface area (Å²) in [6.07, 6.45) is 2.91. The summed E-state index contributed by atoms with van der Waals surface area (Å²) >= 11 is 5.71. The molecule has 1 aromatic carbocycles. The first-order chi connectivity index (χ1) is 8.02. The lowest BCUT2D eigenvalue weighted by Crippen LogP contribution is -2.08. The zero-order valence-corrected chi connectivity index (χ0v) is 9.67. The minimum absolute atomic E-state index is 0.00331. The van der Waals surface area contributed by atoms with Crippen LogP contribution >= 0.6 is 11.6 Å². The van der Waals surface area contributed by atoms with Crippen molar-refractivity contribution in [1.29, 1.82) is 0 Å². The van der Waals surface area contributed by atoms with Crippen LogP contribution < -0.4 is 10.1 Å². The fourth-order valence-corrected chi connectivity index (χ4v) is 1.33. The molecule has 0 aliphatic carbocycles. The molecule has 0 atom stereocenters. The minimum atomic E-state index is -2.93. The highest BCUT2D eigenvalue weighted by Gasteiger charge is 2.09. The second-order valence-corrected chi connectivity index (χ2v) is 3.42. The third-order valence-electron chi connectivity index (χ3n) is 1.73. The third-order valence-corrected chi connectivity index (χ3v) is 2.03. The molecule has 0 heterocycles. The number of hydrogen-bond donors (Lipinski definition) is 1. The van der Waals surface area contributed by atoms with E-state index in [0.29, 0.717) is 5.69 Å². The van der Waals surface area contributed by atoms with E-state index in [9.17, 15) is 13.6 Å². The van der Waals surface area contributed by atoms with Crippen molar-refractivity contribution in [1.82, 2.24) is 0 Å². The van der Waals surface area contributed by atoms with Gasteiger partial charge in [-0.15, -0.1) is 0 Å². The standard InChI is InChI=1S/C11H10ClF2NO2/c1-2-3-10(16)15-7-4-5-9(8(12)6-7)17-11(13)14/h2-6,11H,1H3,(H,15,16)/b3-2+. The van der Waals surface area contributed by atoms with Gasteiger partial charge >= 0.3 is 6.61 Å². The summed E-state index contributed by atoms with van der Waals surface area (Å²) in [6.45, 7) is -1.23. The lowest BCUT2D eigenvalue weighted by molar-refractivity contribution is -0.111. The van der Waals surface area contributed by atoms with Crippen LogP contribution in [0, 0.1) is 0 Å². The van der Waals surface area contributed by atoms with E-state index < -0.39 is 6.61 Å². The van der Waals surface area contributed by atoms with Crippen LogP contribution in [0.15, 0.2) is 30.4 Å². The summed E-state index contributed by atoms with van der Waals surface area (Å²) in [4.78, 5) is 11.2. The molecule has 0 fully saturated rings. The average Bonchev–Trinajstić information content (AvgIpc) is 2.22. The van der Waals surface area contributed by atoms with E-state index in [1.54, 1.807) is 13.0 Å². The smallest absolute Gasteiger partial charge is 0.387 e. The molecule has 92 valence electrons. The van der Waals surface area contributed by atoms with Gasteiger partial charge in [-0.25, -0.2) is 0 Å². The highest BCUT2D eigenvalue weighted by atomic mass is 35.5. The molecule has 0 saturated carbocycles. The monoisotopic (exact) mass is 261 g/mol. The molecule has 3 nitrogen and oxygen atoms in total. The molecule has 1 N–H and O–H groups in total. The number of alkyl halides is 2. The Labute approximate surface area is 102 Å². The predicted octanol–water partition coefficient (Wildman–Crippen LogP) is 3.46. The summed E-state index contributed by atoms with van der Waals surface area (Å²) in [5.74, 6) is -0.461.